The molecule has 1 aromatic carbocycles. The Morgan fingerprint density at radius 2 is 1.82 bits per heavy atom. The van der Waals surface area contributed by atoms with Crippen molar-refractivity contribution in [2.24, 2.45) is 26.4 Å². The molecule has 0 amide bonds. The van der Waals surface area contributed by atoms with Crippen LogP contribution in [-0.2, 0) is 10.0 Å². The number of benzene rings is 1. The average molecular weight is 422 g/mol. The molecule has 2 aliphatic heterocycles. The monoisotopic (exact) mass is 421 g/mol. The molecule has 3 aliphatic rings. The molecule has 9 nitrogen and oxygen atoms in total. The first-order chi connectivity index (χ1) is 13.4. The van der Waals surface area contributed by atoms with E-state index in [-0.39, 0.29) is 16.8 Å². The maximum absolute atomic E-state index is 12.6. The number of anilines is 1. The molecule has 0 aromatic heterocycles. The van der Waals surface area contributed by atoms with Crippen LogP contribution in [0.25, 0.3) is 0 Å². The zero-order valence-corrected chi connectivity index (χ0v) is 17.0. The smallest absolute Gasteiger partial charge is 0.263 e. The summed E-state index contributed by atoms with van der Waals surface area (Å²) in [5.74, 6) is 1.25. The van der Waals surface area contributed by atoms with Crippen LogP contribution in [0.15, 0.2) is 44.1 Å². The van der Waals surface area contributed by atoms with Gasteiger partial charge in [0.15, 0.2) is 5.17 Å². The molecule has 11 heteroatoms. The first-order valence-corrected chi connectivity index (χ1v) is 11.7. The molecule has 0 bridgehead atoms. The molecule has 0 saturated heterocycles. The van der Waals surface area contributed by atoms with E-state index in [1.807, 2.05) is 4.90 Å². The lowest BCUT2D eigenvalue weighted by Gasteiger charge is -2.45. The van der Waals surface area contributed by atoms with E-state index in [9.17, 15) is 8.42 Å². The van der Waals surface area contributed by atoms with Crippen molar-refractivity contribution in [1.29, 1.82) is 0 Å². The molecule has 1 spiro atoms. The number of thioether (sulfide) groups is 1. The first kappa shape index (κ1) is 19.1. The molecular formula is C17H23N7O2S2. The zero-order chi connectivity index (χ0) is 19.8. The van der Waals surface area contributed by atoms with Crippen LogP contribution in [-0.4, -0.2) is 43.5 Å². The third-order valence-corrected chi connectivity index (χ3v) is 7.44. The number of nitrogens with zero attached hydrogens (tertiary/aromatic N) is 4. The molecule has 4 rings (SSSR count). The van der Waals surface area contributed by atoms with Gasteiger partial charge in [-0.2, -0.15) is 4.99 Å². The average Bonchev–Trinajstić information content (AvgIpc) is 3.14. The molecule has 2 heterocycles. The minimum absolute atomic E-state index is 0.166. The lowest BCUT2D eigenvalue weighted by Crippen LogP contribution is -2.58. The highest BCUT2D eigenvalue weighted by Gasteiger charge is 2.42. The van der Waals surface area contributed by atoms with E-state index in [1.54, 1.807) is 24.3 Å². The first-order valence-electron chi connectivity index (χ1n) is 9.20. The molecule has 1 aromatic rings. The second kappa shape index (κ2) is 7.28. The van der Waals surface area contributed by atoms with Gasteiger partial charge in [-0.25, -0.2) is 13.4 Å². The maximum atomic E-state index is 12.6. The van der Waals surface area contributed by atoms with Crippen LogP contribution < -0.4 is 21.1 Å². The molecule has 1 fully saturated rings. The number of guanidine groups is 2. The van der Waals surface area contributed by atoms with Gasteiger partial charge in [-0.05, 0) is 49.9 Å². The van der Waals surface area contributed by atoms with E-state index in [2.05, 4.69) is 19.7 Å². The van der Waals surface area contributed by atoms with E-state index in [4.69, 9.17) is 11.5 Å². The number of nitrogens with two attached hydrogens (primary N) is 2. The predicted octanol–water partition coefficient (Wildman–Crippen LogP) is 1.18. The van der Waals surface area contributed by atoms with Crippen LogP contribution in [0.5, 0.6) is 0 Å². The molecule has 1 saturated carbocycles. The lowest BCUT2D eigenvalue weighted by molar-refractivity contribution is 0.305. The maximum Gasteiger partial charge on any atom is 0.263 e. The summed E-state index contributed by atoms with van der Waals surface area (Å²) in [4.78, 5) is 14.9. The van der Waals surface area contributed by atoms with Crippen molar-refractivity contribution in [3.8, 4) is 0 Å². The fraction of sp³-hybridized carbons (Fsp3) is 0.471. The van der Waals surface area contributed by atoms with Crippen LogP contribution >= 0.6 is 11.8 Å². The third-order valence-electron chi connectivity index (χ3n) is 5.06. The fourth-order valence-electron chi connectivity index (χ4n) is 3.84. The highest BCUT2D eigenvalue weighted by molar-refractivity contribution is 8.15. The normalized spacial score (nSPS) is 21.9. The van der Waals surface area contributed by atoms with Crippen LogP contribution in [0.4, 0.5) is 5.69 Å². The minimum Gasteiger partial charge on any atom is -0.369 e. The molecule has 150 valence electrons. The van der Waals surface area contributed by atoms with Gasteiger partial charge in [-0.1, -0.05) is 18.2 Å². The summed E-state index contributed by atoms with van der Waals surface area (Å²) in [5.41, 5.74) is 12.3. The highest BCUT2D eigenvalue weighted by Crippen LogP contribution is 2.39. The Labute approximate surface area is 168 Å². The summed E-state index contributed by atoms with van der Waals surface area (Å²) in [6.45, 7) is 0.626. The summed E-state index contributed by atoms with van der Waals surface area (Å²) in [6, 6.07) is 6.58. The van der Waals surface area contributed by atoms with Gasteiger partial charge in [0, 0.05) is 11.4 Å². The molecular weight excluding hydrogens is 398 g/mol. The SMILES string of the molecule is NC1=NC2(CCCCC2)N(c2ccc(S(=O)(=O)NC3=NCCS3)cc2)C(N)=N1. The summed E-state index contributed by atoms with van der Waals surface area (Å²) in [6.07, 6.45) is 4.84. The minimum atomic E-state index is -3.68. The van der Waals surface area contributed by atoms with Gasteiger partial charge in [-0.3, -0.25) is 14.6 Å². The fourth-order valence-corrected chi connectivity index (χ4v) is 5.87. The van der Waals surface area contributed by atoms with E-state index in [0.29, 0.717) is 11.7 Å². The van der Waals surface area contributed by atoms with Crippen LogP contribution in [0.2, 0.25) is 0 Å². The number of hydrogen-bond donors (Lipinski definition) is 3. The van der Waals surface area contributed by atoms with Gasteiger partial charge < -0.3 is 11.5 Å². The number of amidine groups is 1. The standard InChI is InChI=1S/C17H23N7O2S2/c18-14-21-15(19)24(17(22-14)8-2-1-3-9-17)12-4-6-13(7-5-12)28(25,26)23-16-20-10-11-27-16/h4-7H,1-3,8-11H2,(H,20,23)(H4,18,19,21,22). The number of hydrogen-bond acceptors (Lipinski definition) is 9. The molecule has 1 aliphatic carbocycles. The van der Waals surface area contributed by atoms with Crippen LogP contribution in [0.3, 0.4) is 0 Å². The molecule has 0 atom stereocenters. The van der Waals surface area contributed by atoms with E-state index >= 15 is 0 Å². The topological polar surface area (TPSA) is 139 Å². The molecule has 5 N–H and O–H groups in total. The predicted molar refractivity (Wildman–Crippen MR) is 113 cm³/mol. The van der Waals surface area contributed by atoms with Gasteiger partial charge in [0.05, 0.1) is 11.4 Å². The number of aliphatic imine (C=N–C) groups is 3. The van der Waals surface area contributed by atoms with E-state index in [1.165, 1.54) is 11.8 Å². The molecule has 28 heavy (non-hydrogen) atoms. The van der Waals surface area contributed by atoms with Crippen molar-refractivity contribution in [3.63, 3.8) is 0 Å². The van der Waals surface area contributed by atoms with Gasteiger partial charge in [0.1, 0.15) is 5.66 Å². The number of sulfonamides is 1. The van der Waals surface area contributed by atoms with Crippen LogP contribution in [0.1, 0.15) is 32.1 Å². The van der Waals surface area contributed by atoms with Gasteiger partial charge in [0.25, 0.3) is 10.0 Å². The van der Waals surface area contributed by atoms with Crippen molar-refractivity contribution in [1.82, 2.24) is 4.72 Å². The second-order valence-corrected chi connectivity index (χ2v) is 9.72. The Kier molecular flexibility index (Phi) is 4.96. The van der Waals surface area contributed by atoms with Gasteiger partial charge in [-0.15, -0.1) is 0 Å². The van der Waals surface area contributed by atoms with Gasteiger partial charge in [0.2, 0.25) is 11.9 Å². The third kappa shape index (κ3) is 3.55. The van der Waals surface area contributed by atoms with E-state index < -0.39 is 15.7 Å². The largest absolute Gasteiger partial charge is 0.369 e. The van der Waals surface area contributed by atoms with Crippen LogP contribution in [0, 0.1) is 0 Å². The molecule has 0 unspecified atom stereocenters. The highest BCUT2D eigenvalue weighted by atomic mass is 32.2. The number of rotatable bonds is 3. The van der Waals surface area contributed by atoms with Gasteiger partial charge >= 0.3 is 0 Å². The van der Waals surface area contributed by atoms with Crippen molar-refractivity contribution in [2.45, 2.75) is 42.7 Å². The Hall–Kier alpha value is -2.27. The van der Waals surface area contributed by atoms with Crippen molar-refractivity contribution in [2.75, 3.05) is 17.2 Å². The molecule has 0 radical (unpaired) electrons. The Morgan fingerprint density at radius 3 is 2.46 bits per heavy atom. The zero-order valence-electron chi connectivity index (χ0n) is 15.3. The summed E-state index contributed by atoms with van der Waals surface area (Å²) < 4.78 is 27.7. The van der Waals surface area contributed by atoms with Crippen molar-refractivity contribution in [3.05, 3.63) is 24.3 Å². The Bertz CT molecular complexity index is 948. The Balaban J connectivity index is 1.63. The second-order valence-electron chi connectivity index (χ2n) is 6.95. The quantitative estimate of drug-likeness (QED) is 0.670. The summed E-state index contributed by atoms with van der Waals surface area (Å²) >= 11 is 1.40. The Morgan fingerprint density at radius 1 is 1.11 bits per heavy atom. The van der Waals surface area contributed by atoms with Crippen molar-refractivity contribution >= 4 is 44.6 Å². The lowest BCUT2D eigenvalue weighted by atomic mass is 9.87. The summed E-state index contributed by atoms with van der Waals surface area (Å²) in [5, 5.41) is 0.433. The van der Waals surface area contributed by atoms with Crippen molar-refractivity contribution < 1.29 is 8.42 Å². The summed E-state index contributed by atoms with van der Waals surface area (Å²) in [7, 11) is -3.68. The number of nitrogens with one attached hydrogen (secondary N) is 1. The van der Waals surface area contributed by atoms with E-state index in [0.717, 1.165) is 43.5 Å².